The molecule has 0 aromatic heterocycles. The summed E-state index contributed by atoms with van der Waals surface area (Å²) in [6.45, 7) is 7.37. The molecule has 1 rings (SSSR count). The lowest BCUT2D eigenvalue weighted by atomic mass is 10.1. The fraction of sp³-hybridized carbons (Fsp3) is 0.909. The summed E-state index contributed by atoms with van der Waals surface area (Å²) in [4.78, 5) is 13.8. The predicted molar refractivity (Wildman–Crippen MR) is 54.5 cm³/mol. The lowest BCUT2D eigenvalue weighted by molar-refractivity contribution is -0.132. The number of rotatable bonds is 3. The minimum atomic E-state index is 0.361. The quantitative estimate of drug-likeness (QED) is 0.658. The topological polar surface area (TPSA) is 20.3 Å². The highest BCUT2D eigenvalue weighted by molar-refractivity contribution is 5.77. The predicted octanol–water partition coefficient (Wildman–Crippen LogP) is 2.43. The Balaban J connectivity index is 2.45. The molecule has 0 aromatic carbocycles. The van der Waals surface area contributed by atoms with Crippen LogP contribution in [0, 0.1) is 5.92 Å². The SMILES string of the molecule is CCC1CCCN1C(=O)CC(C)C. The van der Waals surface area contributed by atoms with Crippen LogP contribution < -0.4 is 0 Å². The molecule has 1 aliphatic rings. The Morgan fingerprint density at radius 3 is 2.77 bits per heavy atom. The molecule has 1 unspecified atom stereocenters. The van der Waals surface area contributed by atoms with Gasteiger partial charge in [0.25, 0.3) is 0 Å². The molecule has 1 atom stereocenters. The lowest BCUT2D eigenvalue weighted by Gasteiger charge is -2.24. The number of amides is 1. The summed E-state index contributed by atoms with van der Waals surface area (Å²) >= 11 is 0. The zero-order chi connectivity index (χ0) is 9.84. The number of hydrogen-bond donors (Lipinski definition) is 0. The fourth-order valence-corrected chi connectivity index (χ4v) is 2.06. The van der Waals surface area contributed by atoms with Gasteiger partial charge in [0, 0.05) is 19.0 Å². The Labute approximate surface area is 81.3 Å². The Morgan fingerprint density at radius 1 is 1.54 bits per heavy atom. The van der Waals surface area contributed by atoms with Crippen molar-refractivity contribution in [2.24, 2.45) is 5.92 Å². The van der Waals surface area contributed by atoms with Crippen LogP contribution in [-0.4, -0.2) is 23.4 Å². The van der Waals surface area contributed by atoms with Gasteiger partial charge < -0.3 is 4.90 Å². The van der Waals surface area contributed by atoms with Crippen molar-refractivity contribution in [2.45, 2.75) is 52.5 Å². The Morgan fingerprint density at radius 2 is 2.23 bits per heavy atom. The third-order valence-corrected chi connectivity index (χ3v) is 2.75. The van der Waals surface area contributed by atoms with E-state index in [0.29, 0.717) is 17.9 Å². The number of nitrogens with zero attached hydrogens (tertiary/aromatic N) is 1. The summed E-state index contributed by atoms with van der Waals surface area (Å²) in [6, 6.07) is 0.534. The van der Waals surface area contributed by atoms with Gasteiger partial charge in [-0.3, -0.25) is 4.79 Å². The van der Waals surface area contributed by atoms with Gasteiger partial charge in [0.1, 0.15) is 0 Å². The van der Waals surface area contributed by atoms with E-state index in [-0.39, 0.29) is 0 Å². The molecule has 1 aliphatic heterocycles. The van der Waals surface area contributed by atoms with Crippen molar-refractivity contribution < 1.29 is 4.79 Å². The number of carbonyl (C=O) groups excluding carboxylic acids is 1. The average molecular weight is 183 g/mol. The lowest BCUT2D eigenvalue weighted by Crippen LogP contribution is -2.35. The van der Waals surface area contributed by atoms with Gasteiger partial charge in [0.2, 0.25) is 5.91 Å². The van der Waals surface area contributed by atoms with Gasteiger partial charge in [-0.05, 0) is 25.2 Å². The van der Waals surface area contributed by atoms with Crippen molar-refractivity contribution in [2.75, 3.05) is 6.54 Å². The van der Waals surface area contributed by atoms with Gasteiger partial charge in [0.05, 0.1) is 0 Å². The fourth-order valence-electron chi connectivity index (χ4n) is 2.06. The molecule has 0 spiro atoms. The number of carbonyl (C=O) groups is 1. The van der Waals surface area contributed by atoms with Crippen LogP contribution in [0.4, 0.5) is 0 Å². The van der Waals surface area contributed by atoms with Gasteiger partial charge in [-0.25, -0.2) is 0 Å². The summed E-state index contributed by atoms with van der Waals surface area (Å²) in [5, 5.41) is 0. The van der Waals surface area contributed by atoms with Crippen LogP contribution in [-0.2, 0) is 4.79 Å². The molecule has 2 heteroatoms. The summed E-state index contributed by atoms with van der Waals surface area (Å²) in [6.07, 6.45) is 4.24. The largest absolute Gasteiger partial charge is 0.340 e. The molecule has 0 N–H and O–H groups in total. The molecule has 1 heterocycles. The van der Waals surface area contributed by atoms with Crippen LogP contribution >= 0.6 is 0 Å². The molecule has 1 fully saturated rings. The smallest absolute Gasteiger partial charge is 0.223 e. The molecule has 1 saturated heterocycles. The molecule has 0 bridgehead atoms. The third kappa shape index (κ3) is 2.71. The summed E-state index contributed by atoms with van der Waals surface area (Å²) in [5.74, 6) is 0.852. The summed E-state index contributed by atoms with van der Waals surface area (Å²) in [5.41, 5.74) is 0. The second kappa shape index (κ2) is 4.64. The normalized spacial score (nSPS) is 22.8. The second-order valence-electron chi connectivity index (χ2n) is 4.39. The minimum Gasteiger partial charge on any atom is -0.340 e. The molecule has 76 valence electrons. The van der Waals surface area contributed by atoms with E-state index in [0.717, 1.165) is 19.4 Å². The number of likely N-dealkylation sites (tertiary alicyclic amines) is 1. The van der Waals surface area contributed by atoms with Gasteiger partial charge in [-0.1, -0.05) is 20.8 Å². The van der Waals surface area contributed by atoms with Gasteiger partial charge in [-0.15, -0.1) is 0 Å². The highest BCUT2D eigenvalue weighted by atomic mass is 16.2. The highest BCUT2D eigenvalue weighted by Crippen LogP contribution is 2.21. The molecule has 13 heavy (non-hydrogen) atoms. The molecule has 2 nitrogen and oxygen atoms in total. The van der Waals surface area contributed by atoms with E-state index in [1.54, 1.807) is 0 Å². The van der Waals surface area contributed by atoms with Gasteiger partial charge >= 0.3 is 0 Å². The van der Waals surface area contributed by atoms with Crippen molar-refractivity contribution in [3.05, 3.63) is 0 Å². The van der Waals surface area contributed by atoms with E-state index < -0.39 is 0 Å². The first-order valence-electron chi connectivity index (χ1n) is 5.44. The Kier molecular flexibility index (Phi) is 3.76. The van der Waals surface area contributed by atoms with Crippen molar-refractivity contribution in [3.63, 3.8) is 0 Å². The van der Waals surface area contributed by atoms with Crippen LogP contribution in [0.5, 0.6) is 0 Å². The van der Waals surface area contributed by atoms with Gasteiger partial charge in [0.15, 0.2) is 0 Å². The first kappa shape index (κ1) is 10.6. The molecule has 1 amide bonds. The van der Waals surface area contributed by atoms with Crippen LogP contribution in [0.25, 0.3) is 0 Å². The van der Waals surface area contributed by atoms with Crippen LogP contribution in [0.15, 0.2) is 0 Å². The second-order valence-corrected chi connectivity index (χ2v) is 4.39. The van der Waals surface area contributed by atoms with Crippen LogP contribution in [0.1, 0.15) is 46.5 Å². The molecule has 0 aromatic rings. The van der Waals surface area contributed by atoms with Gasteiger partial charge in [-0.2, -0.15) is 0 Å². The van der Waals surface area contributed by atoms with E-state index in [9.17, 15) is 4.79 Å². The maximum absolute atomic E-state index is 11.8. The maximum Gasteiger partial charge on any atom is 0.223 e. The molecule has 0 saturated carbocycles. The van der Waals surface area contributed by atoms with E-state index in [1.807, 2.05) is 0 Å². The monoisotopic (exact) mass is 183 g/mol. The Hall–Kier alpha value is -0.530. The van der Waals surface area contributed by atoms with E-state index in [1.165, 1.54) is 12.8 Å². The summed E-state index contributed by atoms with van der Waals surface area (Å²) in [7, 11) is 0. The van der Waals surface area contributed by atoms with Crippen molar-refractivity contribution in [1.29, 1.82) is 0 Å². The van der Waals surface area contributed by atoms with Crippen molar-refractivity contribution >= 4 is 5.91 Å². The Bertz CT molecular complexity index is 177. The zero-order valence-electron chi connectivity index (χ0n) is 9.05. The number of hydrogen-bond acceptors (Lipinski definition) is 1. The molecule has 0 aliphatic carbocycles. The van der Waals surface area contributed by atoms with E-state index in [2.05, 4.69) is 25.7 Å². The average Bonchev–Trinajstić information content (AvgIpc) is 2.49. The minimum absolute atomic E-state index is 0.361. The highest BCUT2D eigenvalue weighted by Gasteiger charge is 2.26. The maximum atomic E-state index is 11.8. The van der Waals surface area contributed by atoms with Crippen molar-refractivity contribution in [3.8, 4) is 0 Å². The van der Waals surface area contributed by atoms with E-state index in [4.69, 9.17) is 0 Å². The van der Waals surface area contributed by atoms with Crippen LogP contribution in [0.3, 0.4) is 0 Å². The van der Waals surface area contributed by atoms with Crippen molar-refractivity contribution in [1.82, 2.24) is 4.90 Å². The first-order chi connectivity index (χ1) is 6.15. The van der Waals surface area contributed by atoms with E-state index >= 15 is 0 Å². The van der Waals surface area contributed by atoms with Crippen LogP contribution in [0.2, 0.25) is 0 Å². The standard InChI is InChI=1S/C11H21NO/c1-4-10-6-5-7-12(10)11(13)8-9(2)3/h9-10H,4-8H2,1-3H3. The summed E-state index contributed by atoms with van der Waals surface area (Å²) < 4.78 is 0. The molecular weight excluding hydrogens is 162 g/mol. The zero-order valence-corrected chi connectivity index (χ0v) is 9.05. The third-order valence-electron chi connectivity index (χ3n) is 2.75. The molecule has 0 radical (unpaired) electrons. The first-order valence-corrected chi connectivity index (χ1v) is 5.44. The molecular formula is C11H21NO.